The number of aliphatic hydroxyl groups excluding tert-OH is 2. The molecule has 0 saturated carbocycles. The molecule has 0 heterocycles. The van der Waals surface area contributed by atoms with Crippen LogP contribution in [0.4, 0.5) is 0 Å². The van der Waals surface area contributed by atoms with E-state index in [4.69, 9.17) is 14.6 Å². The average Bonchev–Trinajstić information content (AvgIpc) is 2.35. The molecule has 0 fully saturated rings. The van der Waals surface area contributed by atoms with Crippen LogP contribution in [0.25, 0.3) is 0 Å². The van der Waals surface area contributed by atoms with E-state index in [9.17, 15) is 5.11 Å². The Balaban J connectivity index is 2.03. The van der Waals surface area contributed by atoms with Gasteiger partial charge in [0.15, 0.2) is 0 Å². The summed E-state index contributed by atoms with van der Waals surface area (Å²) < 4.78 is 10.3. The van der Waals surface area contributed by atoms with Crippen molar-refractivity contribution in [1.29, 1.82) is 0 Å². The number of aliphatic hydroxyl groups is 2. The van der Waals surface area contributed by atoms with Gasteiger partial charge in [-0.1, -0.05) is 30.3 Å². The summed E-state index contributed by atoms with van der Waals surface area (Å²) >= 11 is 0. The Bertz CT molecular complexity index is 276. The predicted molar refractivity (Wildman–Crippen MR) is 64.9 cm³/mol. The molecule has 1 rings (SSSR count). The van der Waals surface area contributed by atoms with Crippen LogP contribution in [-0.4, -0.2) is 49.4 Å². The van der Waals surface area contributed by atoms with E-state index in [1.807, 2.05) is 30.3 Å². The van der Waals surface area contributed by atoms with Gasteiger partial charge >= 0.3 is 0 Å². The third-order valence-corrected chi connectivity index (χ3v) is 2.23. The fraction of sp³-hybridized carbons (Fsp3) is 0.538. The SMILES string of the molecule is OCCOCCOCC(O)Cc1ccccc1. The monoisotopic (exact) mass is 240 g/mol. The molecule has 2 N–H and O–H groups in total. The molecular weight excluding hydrogens is 220 g/mol. The van der Waals surface area contributed by atoms with Crippen LogP contribution in [-0.2, 0) is 15.9 Å². The molecule has 0 radical (unpaired) electrons. The van der Waals surface area contributed by atoms with Crippen LogP contribution in [0.2, 0.25) is 0 Å². The molecular formula is C13H20O4. The third kappa shape index (κ3) is 7.07. The molecule has 1 aromatic rings. The molecule has 1 atom stereocenters. The predicted octanol–water partition coefficient (Wildman–Crippen LogP) is 0.615. The summed E-state index contributed by atoms with van der Waals surface area (Å²) in [6, 6.07) is 9.81. The van der Waals surface area contributed by atoms with Crippen molar-refractivity contribution in [3.8, 4) is 0 Å². The van der Waals surface area contributed by atoms with Gasteiger partial charge < -0.3 is 19.7 Å². The van der Waals surface area contributed by atoms with Gasteiger partial charge in [-0.2, -0.15) is 0 Å². The summed E-state index contributed by atoms with van der Waals surface area (Å²) in [7, 11) is 0. The minimum atomic E-state index is -0.491. The first-order valence-electron chi connectivity index (χ1n) is 5.81. The highest BCUT2D eigenvalue weighted by Gasteiger charge is 2.05. The Labute approximate surface area is 102 Å². The number of hydrogen-bond donors (Lipinski definition) is 2. The lowest BCUT2D eigenvalue weighted by atomic mass is 10.1. The van der Waals surface area contributed by atoms with Crippen LogP contribution in [0.15, 0.2) is 30.3 Å². The van der Waals surface area contributed by atoms with Gasteiger partial charge in [-0.3, -0.25) is 0 Å². The van der Waals surface area contributed by atoms with E-state index in [1.165, 1.54) is 0 Å². The number of rotatable bonds is 9. The summed E-state index contributed by atoms with van der Waals surface area (Å²) in [6.07, 6.45) is 0.105. The Kier molecular flexibility index (Phi) is 7.58. The van der Waals surface area contributed by atoms with Crippen LogP contribution < -0.4 is 0 Å². The molecule has 0 spiro atoms. The molecule has 1 aromatic carbocycles. The summed E-state index contributed by atoms with van der Waals surface area (Å²) in [6.45, 7) is 1.54. The quantitative estimate of drug-likeness (QED) is 0.621. The zero-order valence-corrected chi connectivity index (χ0v) is 9.92. The number of ether oxygens (including phenoxy) is 2. The van der Waals surface area contributed by atoms with Crippen LogP contribution in [0.1, 0.15) is 5.56 Å². The Morgan fingerprint density at radius 3 is 2.41 bits per heavy atom. The van der Waals surface area contributed by atoms with Crippen molar-refractivity contribution in [2.24, 2.45) is 0 Å². The zero-order valence-electron chi connectivity index (χ0n) is 9.92. The van der Waals surface area contributed by atoms with Gasteiger partial charge in [0.25, 0.3) is 0 Å². The summed E-state index contributed by atoms with van der Waals surface area (Å²) in [5.41, 5.74) is 1.10. The normalized spacial score (nSPS) is 12.6. The fourth-order valence-electron chi connectivity index (χ4n) is 1.45. The lowest BCUT2D eigenvalue weighted by Crippen LogP contribution is -2.20. The Morgan fingerprint density at radius 1 is 1.00 bits per heavy atom. The van der Waals surface area contributed by atoms with Crippen molar-refractivity contribution in [3.05, 3.63) is 35.9 Å². The van der Waals surface area contributed by atoms with Crippen molar-refractivity contribution in [3.63, 3.8) is 0 Å². The summed E-state index contributed by atoms with van der Waals surface area (Å²) in [4.78, 5) is 0. The van der Waals surface area contributed by atoms with E-state index in [2.05, 4.69) is 0 Å². The van der Waals surface area contributed by atoms with Crippen LogP contribution >= 0.6 is 0 Å². The Morgan fingerprint density at radius 2 is 1.71 bits per heavy atom. The average molecular weight is 240 g/mol. The Hall–Kier alpha value is -0.940. The smallest absolute Gasteiger partial charge is 0.0813 e. The molecule has 0 bridgehead atoms. The molecule has 0 aromatic heterocycles. The van der Waals surface area contributed by atoms with Crippen LogP contribution in [0.3, 0.4) is 0 Å². The van der Waals surface area contributed by atoms with Gasteiger partial charge in [0.2, 0.25) is 0 Å². The summed E-state index contributed by atoms with van der Waals surface area (Å²) in [5, 5.41) is 18.2. The van der Waals surface area contributed by atoms with Gasteiger partial charge in [0.1, 0.15) is 0 Å². The molecule has 0 amide bonds. The highest BCUT2D eigenvalue weighted by molar-refractivity contribution is 5.15. The second-order valence-electron chi connectivity index (χ2n) is 3.75. The molecule has 4 heteroatoms. The van der Waals surface area contributed by atoms with Gasteiger partial charge in [-0.15, -0.1) is 0 Å². The second-order valence-corrected chi connectivity index (χ2v) is 3.75. The van der Waals surface area contributed by atoms with Crippen LogP contribution in [0, 0.1) is 0 Å². The first-order chi connectivity index (χ1) is 8.33. The van der Waals surface area contributed by atoms with Gasteiger partial charge in [0.05, 0.1) is 39.1 Å². The first kappa shape index (κ1) is 14.1. The van der Waals surface area contributed by atoms with E-state index >= 15 is 0 Å². The lowest BCUT2D eigenvalue weighted by molar-refractivity contribution is -0.00169. The third-order valence-electron chi connectivity index (χ3n) is 2.23. The van der Waals surface area contributed by atoms with Crippen molar-refractivity contribution in [2.75, 3.05) is 33.0 Å². The van der Waals surface area contributed by atoms with Crippen molar-refractivity contribution >= 4 is 0 Å². The number of hydrogen-bond acceptors (Lipinski definition) is 4. The van der Waals surface area contributed by atoms with Gasteiger partial charge in [0, 0.05) is 6.42 Å². The second kappa shape index (κ2) is 9.13. The fourth-order valence-corrected chi connectivity index (χ4v) is 1.45. The molecule has 17 heavy (non-hydrogen) atoms. The van der Waals surface area contributed by atoms with Gasteiger partial charge in [-0.25, -0.2) is 0 Å². The minimum Gasteiger partial charge on any atom is -0.394 e. The van der Waals surface area contributed by atoms with Crippen LogP contribution in [0.5, 0.6) is 0 Å². The molecule has 1 unspecified atom stereocenters. The van der Waals surface area contributed by atoms with E-state index in [-0.39, 0.29) is 6.61 Å². The van der Waals surface area contributed by atoms with E-state index in [0.29, 0.717) is 32.8 Å². The highest BCUT2D eigenvalue weighted by atomic mass is 16.5. The lowest BCUT2D eigenvalue weighted by Gasteiger charge is -2.11. The zero-order chi connectivity index (χ0) is 12.3. The molecule has 0 aliphatic heterocycles. The number of benzene rings is 1. The largest absolute Gasteiger partial charge is 0.394 e. The molecule has 0 aliphatic rings. The summed E-state index contributed by atoms with van der Waals surface area (Å²) in [5.74, 6) is 0. The standard InChI is InChI=1S/C13H20O4/c14-6-7-16-8-9-17-11-13(15)10-12-4-2-1-3-5-12/h1-5,13-15H,6-11H2. The van der Waals surface area contributed by atoms with Gasteiger partial charge in [-0.05, 0) is 5.56 Å². The van der Waals surface area contributed by atoms with E-state index in [0.717, 1.165) is 5.56 Å². The minimum absolute atomic E-state index is 0.0244. The highest BCUT2D eigenvalue weighted by Crippen LogP contribution is 2.03. The van der Waals surface area contributed by atoms with E-state index < -0.39 is 6.10 Å². The van der Waals surface area contributed by atoms with Crippen molar-refractivity contribution in [2.45, 2.75) is 12.5 Å². The topological polar surface area (TPSA) is 58.9 Å². The maximum Gasteiger partial charge on any atom is 0.0813 e. The molecule has 4 nitrogen and oxygen atoms in total. The molecule has 0 saturated heterocycles. The molecule has 0 aliphatic carbocycles. The first-order valence-corrected chi connectivity index (χ1v) is 5.81. The molecule has 96 valence electrons. The maximum absolute atomic E-state index is 9.70. The van der Waals surface area contributed by atoms with E-state index in [1.54, 1.807) is 0 Å². The maximum atomic E-state index is 9.70. The van der Waals surface area contributed by atoms with Crippen molar-refractivity contribution < 1.29 is 19.7 Å². The van der Waals surface area contributed by atoms with Crippen molar-refractivity contribution in [1.82, 2.24) is 0 Å².